The van der Waals surface area contributed by atoms with Gasteiger partial charge in [0.25, 0.3) is 0 Å². The molecule has 20 heavy (non-hydrogen) atoms. The molecule has 1 heterocycles. The molecule has 0 fully saturated rings. The molecule has 0 aliphatic carbocycles. The Kier molecular flexibility index (Phi) is 4.32. The largest absolute Gasteiger partial charge is 0.478 e. The third-order valence-corrected chi connectivity index (χ3v) is 2.64. The van der Waals surface area contributed by atoms with Crippen molar-refractivity contribution in [3.63, 3.8) is 0 Å². The van der Waals surface area contributed by atoms with Gasteiger partial charge in [-0.15, -0.1) is 0 Å². The molecule has 5 nitrogen and oxygen atoms in total. The highest BCUT2D eigenvalue weighted by atomic mass is 35.5. The molecule has 2 rings (SSSR count). The summed E-state index contributed by atoms with van der Waals surface area (Å²) in [5.41, 5.74) is 1.45. The Morgan fingerprint density at radius 1 is 1.35 bits per heavy atom. The van der Waals surface area contributed by atoms with Crippen LogP contribution in [0, 0.1) is 6.92 Å². The first-order valence-corrected chi connectivity index (χ1v) is 6.09. The van der Waals surface area contributed by atoms with Crippen molar-refractivity contribution in [3.8, 4) is 11.8 Å². The Balaban J connectivity index is 2.12. The maximum Gasteiger partial charge on any atom is 0.328 e. The predicted octanol–water partition coefficient (Wildman–Crippen LogP) is 3.33. The van der Waals surface area contributed by atoms with Gasteiger partial charge >= 0.3 is 12.0 Å². The van der Waals surface area contributed by atoms with Crippen LogP contribution in [0.4, 0.5) is 0 Å². The third kappa shape index (κ3) is 3.80. The van der Waals surface area contributed by atoms with Crippen LogP contribution >= 0.6 is 11.6 Å². The zero-order valence-electron chi connectivity index (χ0n) is 10.6. The van der Waals surface area contributed by atoms with Gasteiger partial charge in [0.1, 0.15) is 5.75 Å². The zero-order chi connectivity index (χ0) is 14.5. The van der Waals surface area contributed by atoms with E-state index in [1.807, 2.05) is 6.92 Å². The number of carboxylic acid groups (broad SMARTS) is 1. The van der Waals surface area contributed by atoms with Crippen molar-refractivity contribution < 1.29 is 14.6 Å². The molecule has 0 bridgehead atoms. The van der Waals surface area contributed by atoms with Gasteiger partial charge in [0, 0.05) is 29.1 Å². The molecule has 0 saturated carbocycles. The summed E-state index contributed by atoms with van der Waals surface area (Å²) in [7, 11) is 0. The molecule has 0 saturated heterocycles. The first-order valence-electron chi connectivity index (χ1n) is 5.71. The van der Waals surface area contributed by atoms with Gasteiger partial charge in [-0.05, 0) is 36.8 Å². The number of benzene rings is 1. The van der Waals surface area contributed by atoms with Gasteiger partial charge in [0.2, 0.25) is 0 Å². The summed E-state index contributed by atoms with van der Waals surface area (Å²) < 4.78 is 5.52. The normalized spacial score (nSPS) is 10.7. The fourth-order valence-electron chi connectivity index (χ4n) is 1.46. The lowest BCUT2D eigenvalue weighted by atomic mass is 10.2. The van der Waals surface area contributed by atoms with E-state index in [4.69, 9.17) is 21.4 Å². The first-order chi connectivity index (χ1) is 9.54. The number of aryl methyl sites for hydroxylation is 1. The number of carbonyl (C=O) groups is 1. The minimum Gasteiger partial charge on any atom is -0.478 e. The molecular weight excluding hydrogens is 280 g/mol. The number of carboxylic acids is 1. The van der Waals surface area contributed by atoms with Crippen LogP contribution in [0.2, 0.25) is 5.02 Å². The van der Waals surface area contributed by atoms with E-state index in [0.717, 1.165) is 11.6 Å². The molecule has 0 aliphatic heterocycles. The monoisotopic (exact) mass is 290 g/mol. The Morgan fingerprint density at radius 2 is 2.05 bits per heavy atom. The highest BCUT2D eigenvalue weighted by Crippen LogP contribution is 2.25. The molecule has 0 radical (unpaired) electrons. The molecule has 0 aliphatic rings. The lowest BCUT2D eigenvalue weighted by molar-refractivity contribution is -0.131. The maximum absolute atomic E-state index is 10.4. The maximum atomic E-state index is 10.4. The number of ether oxygens (including phenoxy) is 1. The smallest absolute Gasteiger partial charge is 0.328 e. The lowest BCUT2D eigenvalue weighted by Gasteiger charge is -2.06. The molecule has 2 aromatic rings. The standard InChI is InChI=1S/C14H11ClN2O3/c1-9-6-11(15)3-4-12(9)20-14-16-7-10(8-17-14)2-5-13(18)19/h2-8H,1H3,(H,18,19)/b5-2+. The van der Waals surface area contributed by atoms with Crippen molar-refractivity contribution in [3.05, 3.63) is 52.8 Å². The number of hydrogen-bond acceptors (Lipinski definition) is 4. The van der Waals surface area contributed by atoms with Crippen LogP contribution in [0.1, 0.15) is 11.1 Å². The van der Waals surface area contributed by atoms with Crippen molar-refractivity contribution in [2.75, 3.05) is 0 Å². The Hall–Kier alpha value is -2.40. The van der Waals surface area contributed by atoms with E-state index < -0.39 is 5.97 Å². The number of halogens is 1. The van der Waals surface area contributed by atoms with Gasteiger partial charge in [-0.2, -0.15) is 0 Å². The molecule has 0 atom stereocenters. The molecule has 1 aromatic carbocycles. The van der Waals surface area contributed by atoms with Crippen LogP contribution < -0.4 is 4.74 Å². The van der Waals surface area contributed by atoms with E-state index in [9.17, 15) is 4.79 Å². The molecule has 102 valence electrons. The van der Waals surface area contributed by atoms with E-state index in [1.54, 1.807) is 18.2 Å². The molecule has 0 amide bonds. The van der Waals surface area contributed by atoms with E-state index in [0.29, 0.717) is 16.3 Å². The second-order valence-electron chi connectivity index (χ2n) is 3.98. The van der Waals surface area contributed by atoms with Gasteiger partial charge in [-0.1, -0.05) is 11.6 Å². The van der Waals surface area contributed by atoms with Gasteiger partial charge in [0.15, 0.2) is 0 Å². The molecule has 1 N–H and O–H groups in total. The van der Waals surface area contributed by atoms with E-state index >= 15 is 0 Å². The van der Waals surface area contributed by atoms with Crippen LogP contribution in [0.3, 0.4) is 0 Å². The number of rotatable bonds is 4. The zero-order valence-corrected chi connectivity index (χ0v) is 11.3. The van der Waals surface area contributed by atoms with E-state index in [-0.39, 0.29) is 6.01 Å². The van der Waals surface area contributed by atoms with Gasteiger partial charge in [-0.3, -0.25) is 0 Å². The summed E-state index contributed by atoms with van der Waals surface area (Å²) in [5.74, 6) is -0.412. The van der Waals surface area contributed by atoms with Gasteiger partial charge < -0.3 is 9.84 Å². The SMILES string of the molecule is Cc1cc(Cl)ccc1Oc1ncc(/C=C/C(=O)O)cn1. The number of nitrogens with zero attached hydrogens (tertiary/aromatic N) is 2. The van der Waals surface area contributed by atoms with Gasteiger partial charge in [0.05, 0.1) is 0 Å². The summed E-state index contributed by atoms with van der Waals surface area (Å²) in [6, 6.07) is 5.41. The Labute approximate surface area is 120 Å². The van der Waals surface area contributed by atoms with Crippen molar-refractivity contribution in [1.82, 2.24) is 9.97 Å². The van der Waals surface area contributed by atoms with Crippen LogP contribution in [-0.2, 0) is 4.79 Å². The number of aliphatic carboxylic acids is 1. The van der Waals surface area contributed by atoms with Crippen molar-refractivity contribution in [1.29, 1.82) is 0 Å². The highest BCUT2D eigenvalue weighted by molar-refractivity contribution is 6.30. The minimum absolute atomic E-state index is 0.183. The highest BCUT2D eigenvalue weighted by Gasteiger charge is 2.04. The predicted molar refractivity (Wildman–Crippen MR) is 75.0 cm³/mol. The molecule has 1 aromatic heterocycles. The minimum atomic E-state index is -1.03. The fraction of sp³-hybridized carbons (Fsp3) is 0.0714. The quantitative estimate of drug-likeness (QED) is 0.874. The van der Waals surface area contributed by atoms with E-state index in [2.05, 4.69) is 9.97 Å². The third-order valence-electron chi connectivity index (χ3n) is 2.40. The van der Waals surface area contributed by atoms with Crippen molar-refractivity contribution >= 4 is 23.6 Å². The molecule has 0 spiro atoms. The lowest BCUT2D eigenvalue weighted by Crippen LogP contribution is -1.94. The molecule has 0 unspecified atom stereocenters. The van der Waals surface area contributed by atoms with E-state index in [1.165, 1.54) is 18.5 Å². The summed E-state index contributed by atoms with van der Waals surface area (Å²) in [5, 5.41) is 9.14. The van der Waals surface area contributed by atoms with Crippen LogP contribution in [0.5, 0.6) is 11.8 Å². The molecular formula is C14H11ClN2O3. The van der Waals surface area contributed by atoms with Crippen LogP contribution in [-0.4, -0.2) is 21.0 Å². The first kappa shape index (κ1) is 14.0. The van der Waals surface area contributed by atoms with Gasteiger partial charge in [-0.25, -0.2) is 14.8 Å². The summed E-state index contributed by atoms with van der Waals surface area (Å²) in [6.45, 7) is 1.87. The van der Waals surface area contributed by atoms with Crippen LogP contribution in [0.15, 0.2) is 36.7 Å². The second kappa shape index (κ2) is 6.16. The number of hydrogen-bond donors (Lipinski definition) is 1. The van der Waals surface area contributed by atoms with Crippen LogP contribution in [0.25, 0.3) is 6.08 Å². The van der Waals surface area contributed by atoms with Crippen molar-refractivity contribution in [2.45, 2.75) is 6.92 Å². The summed E-state index contributed by atoms with van der Waals surface area (Å²) >= 11 is 5.86. The summed E-state index contributed by atoms with van der Waals surface area (Å²) in [6.07, 6.45) is 5.38. The topological polar surface area (TPSA) is 72.3 Å². The summed E-state index contributed by atoms with van der Waals surface area (Å²) in [4.78, 5) is 18.4. The fourth-order valence-corrected chi connectivity index (χ4v) is 1.68. The Bertz CT molecular complexity index is 654. The average Bonchev–Trinajstić information content (AvgIpc) is 2.41. The molecule has 6 heteroatoms. The number of aromatic nitrogens is 2. The Morgan fingerprint density at radius 3 is 2.65 bits per heavy atom. The second-order valence-corrected chi connectivity index (χ2v) is 4.42. The average molecular weight is 291 g/mol. The van der Waals surface area contributed by atoms with Crippen molar-refractivity contribution in [2.24, 2.45) is 0 Å².